The lowest BCUT2D eigenvalue weighted by molar-refractivity contribution is -0.134. The Morgan fingerprint density at radius 2 is 1.33 bits per heavy atom. The Morgan fingerprint density at radius 3 is 1.33 bits per heavy atom. The summed E-state index contributed by atoms with van der Waals surface area (Å²) in [5, 5.41) is -6.76. The van der Waals surface area contributed by atoms with E-state index in [1.807, 2.05) is 0 Å². The van der Waals surface area contributed by atoms with Gasteiger partial charge in [-0.2, -0.15) is 8.78 Å². The van der Waals surface area contributed by atoms with Crippen LogP contribution in [0.15, 0.2) is 0 Å². The maximum Gasteiger partial charge on any atom is 0.458 e. The summed E-state index contributed by atoms with van der Waals surface area (Å²) in [6.07, 6.45) is 0. The highest BCUT2D eigenvalue weighted by Gasteiger charge is 2.86. The Kier molecular flexibility index (Phi) is 1.56. The molecule has 0 unspecified atom stereocenters. The summed E-state index contributed by atoms with van der Waals surface area (Å²) in [6, 6.07) is 0. The van der Waals surface area contributed by atoms with E-state index in [-0.39, 0.29) is 0 Å². The highest BCUT2D eigenvalue weighted by molar-refractivity contribution is 8.47. The van der Waals surface area contributed by atoms with Crippen molar-refractivity contribution < 1.29 is 33.0 Å². The number of carbonyl (C=O) groups is 1. The van der Waals surface area contributed by atoms with Gasteiger partial charge in [-0.3, -0.25) is 4.79 Å². The molecule has 2 nitrogen and oxygen atoms in total. The van der Waals surface area contributed by atoms with E-state index in [9.17, 15) is 33.0 Å². The summed E-state index contributed by atoms with van der Waals surface area (Å²) in [4.78, 5) is 9.38. The van der Waals surface area contributed by atoms with Crippen LogP contribution in [0.1, 0.15) is 0 Å². The summed E-state index contributed by atoms with van der Waals surface area (Å²) in [7, 11) is -11.2. The van der Waals surface area contributed by atoms with Crippen LogP contribution >= 0.6 is 10.2 Å². The molecule has 0 aliphatic heterocycles. The fraction of sp³-hybridized carbons (Fsp3) is 0.500. The molecule has 0 atom stereocenters. The van der Waals surface area contributed by atoms with Gasteiger partial charge < -0.3 is 5.73 Å². The van der Waals surface area contributed by atoms with Crippen molar-refractivity contribution in [1.82, 2.24) is 0 Å². The van der Waals surface area contributed by atoms with Crippen molar-refractivity contribution in [3.8, 4) is 0 Å². The van der Waals surface area contributed by atoms with E-state index in [0.717, 1.165) is 0 Å². The molecule has 0 saturated carbocycles. The number of halogens is 7. The van der Waals surface area contributed by atoms with Gasteiger partial charge in [0.25, 0.3) is 0 Å². The zero-order chi connectivity index (χ0) is 10.5. The molecule has 0 rings (SSSR count). The Bertz CT molecular complexity index is 225. The molecule has 0 fully saturated rings. The van der Waals surface area contributed by atoms with Gasteiger partial charge >= 0.3 is 21.4 Å². The molecule has 0 bridgehead atoms. The third-order valence-corrected chi connectivity index (χ3v) is 1.94. The number of primary amides is 1. The minimum absolute atomic E-state index is 3.42. The first-order valence-electron chi connectivity index (χ1n) is 2.10. The van der Waals surface area contributed by atoms with Gasteiger partial charge in [0, 0.05) is 0 Å². The summed E-state index contributed by atoms with van der Waals surface area (Å²) in [5.41, 5.74) is 3.47. The van der Waals surface area contributed by atoms with Crippen LogP contribution in [-0.2, 0) is 4.79 Å². The van der Waals surface area contributed by atoms with Crippen LogP contribution in [0.2, 0.25) is 0 Å². The minimum Gasteiger partial charge on any atom is -0.363 e. The lowest BCUT2D eigenvalue weighted by Crippen LogP contribution is -2.44. The number of nitrogens with two attached hydrogens (primary N) is 1. The summed E-state index contributed by atoms with van der Waals surface area (Å²) < 4.78 is 79.0. The predicted molar refractivity (Wildman–Crippen MR) is 27.3 cm³/mol. The summed E-state index contributed by atoms with van der Waals surface area (Å²) in [6.45, 7) is 0. The number of carbonyl (C=O) groups excluding carboxylic acids is 1. The molecule has 0 aliphatic rings. The van der Waals surface area contributed by atoms with Gasteiger partial charge in [0.2, 0.25) is 0 Å². The second-order valence-electron chi connectivity index (χ2n) is 1.85. The SMILES string of the molecule is NC(=O)C(F)(F)S(F)(F)(F)(F)F. The van der Waals surface area contributed by atoms with Crippen LogP contribution in [0.3, 0.4) is 0 Å². The first-order valence-corrected chi connectivity index (χ1v) is 4.05. The topological polar surface area (TPSA) is 43.1 Å². The molecular weight excluding hydrogens is 219 g/mol. The zero-order valence-corrected chi connectivity index (χ0v) is 5.86. The Morgan fingerprint density at radius 1 is 1.08 bits per heavy atom. The fourth-order valence-corrected chi connectivity index (χ4v) is 0.570. The molecule has 12 heavy (non-hydrogen) atoms. The molecule has 0 aliphatic carbocycles. The van der Waals surface area contributed by atoms with Crippen molar-refractivity contribution in [1.29, 1.82) is 0 Å². The lowest BCUT2D eigenvalue weighted by atomic mass is 10.7. The van der Waals surface area contributed by atoms with Crippen molar-refractivity contribution in [3.63, 3.8) is 0 Å². The van der Waals surface area contributed by atoms with E-state index in [4.69, 9.17) is 0 Å². The number of alkyl halides is 2. The monoisotopic (exact) mass is 221 g/mol. The van der Waals surface area contributed by atoms with Crippen molar-refractivity contribution in [2.45, 2.75) is 5.25 Å². The van der Waals surface area contributed by atoms with Crippen LogP contribution in [-0.4, -0.2) is 11.2 Å². The third-order valence-electron chi connectivity index (χ3n) is 0.771. The van der Waals surface area contributed by atoms with E-state index in [0.29, 0.717) is 0 Å². The minimum atomic E-state index is -11.2. The molecule has 0 radical (unpaired) electrons. The molecule has 0 aromatic rings. The van der Waals surface area contributed by atoms with Gasteiger partial charge in [0.1, 0.15) is 0 Å². The number of amides is 1. The van der Waals surface area contributed by atoms with Crippen molar-refractivity contribution >= 4 is 16.1 Å². The fourth-order valence-electron chi connectivity index (χ4n) is 0.190. The predicted octanol–water partition coefficient (Wildman–Crippen LogP) is 2.36. The molecular formula is C2H2F7NOS. The maximum atomic E-state index is 11.5. The first kappa shape index (κ1) is 11.3. The van der Waals surface area contributed by atoms with Gasteiger partial charge in [-0.25, -0.2) is 0 Å². The van der Waals surface area contributed by atoms with Gasteiger partial charge in [-0.15, -0.1) is 0 Å². The van der Waals surface area contributed by atoms with Crippen molar-refractivity contribution in [3.05, 3.63) is 0 Å². The molecule has 2 N–H and O–H groups in total. The van der Waals surface area contributed by atoms with Gasteiger partial charge in [0.15, 0.2) is 0 Å². The van der Waals surface area contributed by atoms with Crippen LogP contribution in [0.4, 0.5) is 28.2 Å². The lowest BCUT2D eigenvalue weighted by Gasteiger charge is -2.43. The normalized spacial score (nSPS) is 19.6. The number of rotatable bonds is 2. The molecule has 1 amide bonds. The maximum absolute atomic E-state index is 11.5. The van der Waals surface area contributed by atoms with Gasteiger partial charge in [-0.1, -0.05) is 19.4 Å². The average molecular weight is 221 g/mol. The summed E-state index contributed by atoms with van der Waals surface area (Å²) >= 11 is 0. The molecule has 0 aromatic carbocycles. The van der Waals surface area contributed by atoms with Gasteiger partial charge in [0.05, 0.1) is 0 Å². The second kappa shape index (κ2) is 1.65. The molecule has 0 aromatic heterocycles. The zero-order valence-electron chi connectivity index (χ0n) is 5.04. The quantitative estimate of drug-likeness (QED) is 0.714. The molecule has 0 spiro atoms. The van der Waals surface area contributed by atoms with Crippen LogP contribution in [0.25, 0.3) is 0 Å². The molecule has 76 valence electrons. The number of hydrogen-bond donors (Lipinski definition) is 1. The number of hydrogen-bond acceptors (Lipinski definition) is 1. The standard InChI is InChI=1S/C2H2F7NOS/c3-2(4,1(10)11)12(5,6,7,8)9/h(H2,10,11). The Labute approximate surface area is 61.2 Å². The second-order valence-corrected chi connectivity index (χ2v) is 4.30. The average Bonchev–Trinajstić information content (AvgIpc) is 1.56. The van der Waals surface area contributed by atoms with Crippen molar-refractivity contribution in [2.24, 2.45) is 5.73 Å². The third kappa shape index (κ3) is 1.57. The van der Waals surface area contributed by atoms with Crippen molar-refractivity contribution in [2.75, 3.05) is 0 Å². The molecule has 10 heteroatoms. The van der Waals surface area contributed by atoms with Crippen LogP contribution in [0, 0.1) is 0 Å². The molecule has 0 heterocycles. The first-order chi connectivity index (χ1) is 4.69. The van der Waals surface area contributed by atoms with Gasteiger partial charge in [-0.05, 0) is 0 Å². The smallest absolute Gasteiger partial charge is 0.363 e. The van der Waals surface area contributed by atoms with E-state index in [2.05, 4.69) is 5.73 Å². The Hall–Kier alpha value is -0.670. The highest BCUT2D eigenvalue weighted by Crippen LogP contribution is 3.04. The van der Waals surface area contributed by atoms with Crippen LogP contribution < -0.4 is 5.73 Å². The summed E-state index contributed by atoms with van der Waals surface area (Å²) in [5.74, 6) is -3.42. The Balaban J connectivity index is 5.50. The van der Waals surface area contributed by atoms with E-state index in [1.54, 1.807) is 0 Å². The van der Waals surface area contributed by atoms with E-state index < -0.39 is 21.4 Å². The van der Waals surface area contributed by atoms with E-state index in [1.165, 1.54) is 0 Å². The van der Waals surface area contributed by atoms with Crippen LogP contribution in [0.5, 0.6) is 0 Å². The largest absolute Gasteiger partial charge is 0.458 e. The highest BCUT2D eigenvalue weighted by atomic mass is 32.5. The van der Waals surface area contributed by atoms with E-state index >= 15 is 0 Å². The molecule has 0 saturated heterocycles.